The van der Waals surface area contributed by atoms with E-state index < -0.39 is 0 Å². The Kier molecular flexibility index (Phi) is 9.69. The molecule has 0 radical (unpaired) electrons. The van der Waals surface area contributed by atoms with Crippen LogP contribution in [-0.4, -0.2) is 4.40 Å². The third kappa shape index (κ3) is 7.18. The van der Waals surface area contributed by atoms with Gasteiger partial charge in [-0.15, -0.1) is 0 Å². The van der Waals surface area contributed by atoms with E-state index >= 15 is 0 Å². The zero-order chi connectivity index (χ0) is 45.8. The summed E-state index contributed by atoms with van der Waals surface area (Å²) in [6, 6.07) is 93.3. The molecule has 69 heavy (non-hydrogen) atoms. The molecular weight excluding hydrogens is 835 g/mol. The van der Waals surface area contributed by atoms with Crippen LogP contribution in [0.3, 0.4) is 0 Å². The Labute approximate surface area is 400 Å². The van der Waals surface area contributed by atoms with E-state index in [1.807, 2.05) is 22.6 Å². The second-order valence-corrected chi connectivity index (χ2v) is 18.1. The number of rotatable bonds is 8. The maximum Gasteiger partial charge on any atom is 0.263 e. The van der Waals surface area contributed by atoms with Crippen molar-refractivity contribution < 1.29 is 0 Å². The molecule has 0 unspecified atom stereocenters. The van der Waals surface area contributed by atoms with Gasteiger partial charge < -0.3 is 0 Å². The van der Waals surface area contributed by atoms with E-state index in [1.165, 1.54) is 44.5 Å². The molecule has 0 aliphatic carbocycles. The number of fused-ring (bicyclic) bond motifs is 5. The maximum atomic E-state index is 14.6. The number of aromatic nitrogens is 1. The number of hydrogen-bond acceptors (Lipinski definition) is 1. The molecule has 0 fully saturated rings. The average Bonchev–Trinajstić information content (AvgIpc) is 3.77. The van der Waals surface area contributed by atoms with Crippen LogP contribution in [0.4, 0.5) is 0 Å². The summed E-state index contributed by atoms with van der Waals surface area (Å²) in [6.07, 6.45) is 0. The van der Waals surface area contributed by atoms with Gasteiger partial charge >= 0.3 is 0 Å². The molecular formula is C67H43NO. The Balaban J connectivity index is 0.970. The Morgan fingerprint density at radius 2 is 0.493 bits per heavy atom. The van der Waals surface area contributed by atoms with Gasteiger partial charge in [-0.1, -0.05) is 182 Å². The fraction of sp³-hybridized carbons (Fsp3) is 0. The van der Waals surface area contributed by atoms with Gasteiger partial charge in [-0.3, -0.25) is 9.20 Å². The van der Waals surface area contributed by atoms with Crippen molar-refractivity contribution in [2.24, 2.45) is 0 Å². The molecule has 13 aromatic rings. The van der Waals surface area contributed by atoms with Gasteiger partial charge in [0, 0.05) is 21.5 Å². The first-order valence-corrected chi connectivity index (χ1v) is 23.6. The SMILES string of the molecule is O=c1c2ccccc2c2cc(-c3cccc(-c4cc(-c5ccccc5)cc(-c5ccccc5)c4)c3)cc3c4cc(-c5cccc(-c6cc(-c7ccccc7)cc(-c7ccccc7)c6)c5)ccc4n1c23. The lowest BCUT2D eigenvalue weighted by Crippen LogP contribution is -2.12. The molecule has 0 N–H and O–H groups in total. The van der Waals surface area contributed by atoms with Crippen molar-refractivity contribution in [3.63, 3.8) is 0 Å². The standard InChI is InChI=1S/C67H43NO/c69-67-61-30-14-13-29-60(61)63-42-59(51-28-16-27-50(34-51)58-39-55(46-21-9-3-10-22-46)36-56(40-58)47-23-11-4-12-24-47)43-64-62-41-52(31-32-65(62)68(67)66(63)64)48-25-15-26-49(33-48)57-37-53(44-17-5-1-6-18-44)35-54(38-57)45-19-7-2-8-20-45/h1-43H. The summed E-state index contributed by atoms with van der Waals surface area (Å²) in [5.41, 5.74) is 20.3. The lowest BCUT2D eigenvalue weighted by molar-refractivity contribution is 1.21. The number of benzene rings is 11. The van der Waals surface area contributed by atoms with Gasteiger partial charge in [-0.05, 0) is 173 Å². The molecule has 0 spiro atoms. The van der Waals surface area contributed by atoms with Crippen LogP contribution in [0.5, 0.6) is 0 Å². The van der Waals surface area contributed by atoms with E-state index in [0.717, 1.165) is 77.1 Å². The molecule has 0 saturated heterocycles. The monoisotopic (exact) mass is 877 g/mol. The summed E-state index contributed by atoms with van der Waals surface area (Å²) in [5.74, 6) is 0. The van der Waals surface area contributed by atoms with Crippen molar-refractivity contribution in [1.82, 2.24) is 4.40 Å². The minimum Gasteiger partial charge on any atom is -0.275 e. The quantitative estimate of drug-likeness (QED) is 0.139. The molecule has 2 aromatic heterocycles. The second-order valence-electron chi connectivity index (χ2n) is 18.1. The van der Waals surface area contributed by atoms with Crippen LogP contribution >= 0.6 is 0 Å². The highest BCUT2D eigenvalue weighted by atomic mass is 16.1. The summed E-state index contributed by atoms with van der Waals surface area (Å²) >= 11 is 0. The summed E-state index contributed by atoms with van der Waals surface area (Å²) in [5, 5.41) is 4.85. The van der Waals surface area contributed by atoms with Crippen molar-refractivity contribution in [1.29, 1.82) is 0 Å². The van der Waals surface area contributed by atoms with Crippen molar-refractivity contribution in [3.8, 4) is 89.0 Å². The van der Waals surface area contributed by atoms with Gasteiger partial charge in [0.25, 0.3) is 5.56 Å². The molecule has 0 saturated carbocycles. The third-order valence-electron chi connectivity index (χ3n) is 13.9. The molecule has 0 atom stereocenters. The molecule has 322 valence electrons. The predicted molar refractivity (Wildman–Crippen MR) is 291 cm³/mol. The Morgan fingerprint density at radius 1 is 0.203 bits per heavy atom. The van der Waals surface area contributed by atoms with Crippen LogP contribution in [0.2, 0.25) is 0 Å². The van der Waals surface area contributed by atoms with Gasteiger partial charge in [-0.25, -0.2) is 0 Å². The molecule has 0 aliphatic rings. The predicted octanol–water partition coefficient (Wildman–Crippen LogP) is 17.5. The van der Waals surface area contributed by atoms with Crippen molar-refractivity contribution in [3.05, 3.63) is 271 Å². The Bertz CT molecular complexity index is 4000. The third-order valence-corrected chi connectivity index (χ3v) is 13.9. The molecule has 0 bridgehead atoms. The Hall–Kier alpha value is -9.11. The van der Waals surface area contributed by atoms with E-state index in [-0.39, 0.29) is 5.56 Å². The Morgan fingerprint density at radius 3 is 0.928 bits per heavy atom. The highest BCUT2D eigenvalue weighted by Gasteiger charge is 2.20. The maximum absolute atomic E-state index is 14.6. The normalized spacial score (nSPS) is 11.5. The number of pyridine rings is 1. The van der Waals surface area contributed by atoms with Gasteiger partial charge in [0.15, 0.2) is 0 Å². The molecule has 2 heteroatoms. The topological polar surface area (TPSA) is 21.5 Å². The van der Waals surface area contributed by atoms with E-state index in [1.54, 1.807) is 0 Å². The van der Waals surface area contributed by atoms with Crippen LogP contribution in [0, 0.1) is 0 Å². The first kappa shape index (κ1) is 40.2. The number of hydrogen-bond donors (Lipinski definition) is 0. The minimum absolute atomic E-state index is 0.00244. The first-order valence-electron chi connectivity index (χ1n) is 23.6. The molecule has 2 nitrogen and oxygen atoms in total. The largest absolute Gasteiger partial charge is 0.275 e. The van der Waals surface area contributed by atoms with Gasteiger partial charge in [-0.2, -0.15) is 0 Å². The van der Waals surface area contributed by atoms with E-state index in [0.29, 0.717) is 5.39 Å². The summed E-state index contributed by atoms with van der Waals surface area (Å²) in [4.78, 5) is 14.6. The fourth-order valence-corrected chi connectivity index (χ4v) is 10.5. The van der Waals surface area contributed by atoms with Crippen LogP contribution < -0.4 is 5.56 Å². The van der Waals surface area contributed by atoms with Crippen LogP contribution in [0.25, 0.3) is 127 Å². The molecule has 11 aromatic carbocycles. The van der Waals surface area contributed by atoms with E-state index in [2.05, 4.69) is 243 Å². The molecule has 0 amide bonds. The van der Waals surface area contributed by atoms with E-state index in [4.69, 9.17) is 0 Å². The summed E-state index contributed by atoms with van der Waals surface area (Å²) in [7, 11) is 0. The van der Waals surface area contributed by atoms with Gasteiger partial charge in [0.1, 0.15) is 0 Å². The van der Waals surface area contributed by atoms with E-state index in [9.17, 15) is 4.79 Å². The first-order chi connectivity index (χ1) is 34.1. The fourth-order valence-electron chi connectivity index (χ4n) is 10.5. The van der Waals surface area contributed by atoms with Crippen LogP contribution in [-0.2, 0) is 0 Å². The second kappa shape index (κ2) is 16.6. The highest BCUT2D eigenvalue weighted by molar-refractivity contribution is 6.22. The van der Waals surface area contributed by atoms with Gasteiger partial charge in [0.05, 0.1) is 11.0 Å². The van der Waals surface area contributed by atoms with Crippen molar-refractivity contribution >= 4 is 38.0 Å². The van der Waals surface area contributed by atoms with Gasteiger partial charge in [0.2, 0.25) is 0 Å². The number of nitrogens with zero attached hydrogens (tertiary/aromatic N) is 1. The van der Waals surface area contributed by atoms with Crippen molar-refractivity contribution in [2.45, 2.75) is 0 Å². The highest BCUT2D eigenvalue weighted by Crippen LogP contribution is 2.42. The minimum atomic E-state index is 0.00244. The van der Waals surface area contributed by atoms with Crippen molar-refractivity contribution in [2.75, 3.05) is 0 Å². The zero-order valence-corrected chi connectivity index (χ0v) is 37.7. The summed E-state index contributed by atoms with van der Waals surface area (Å²) in [6.45, 7) is 0. The lowest BCUT2D eigenvalue weighted by Gasteiger charge is -2.13. The smallest absolute Gasteiger partial charge is 0.263 e. The molecule has 0 aliphatic heterocycles. The molecule has 2 heterocycles. The van der Waals surface area contributed by atoms with Crippen LogP contribution in [0.1, 0.15) is 0 Å². The lowest BCUT2D eigenvalue weighted by atomic mass is 9.91. The average molecular weight is 878 g/mol. The van der Waals surface area contributed by atoms with Crippen LogP contribution in [0.15, 0.2) is 266 Å². The zero-order valence-electron chi connectivity index (χ0n) is 37.7. The molecule has 13 rings (SSSR count). The summed E-state index contributed by atoms with van der Waals surface area (Å²) < 4.78 is 1.95.